The van der Waals surface area contributed by atoms with E-state index in [1.54, 1.807) is 0 Å². The van der Waals surface area contributed by atoms with Gasteiger partial charge < -0.3 is 10.6 Å². The largest absolute Gasteiger partial charge is 0.355 e. The molecule has 2 N–H and O–H groups in total. The van der Waals surface area contributed by atoms with Crippen LogP contribution in [0.4, 0.5) is 5.69 Å². The fourth-order valence-corrected chi connectivity index (χ4v) is 3.07. The molecule has 0 spiro atoms. The monoisotopic (exact) mass is 350 g/mol. The summed E-state index contributed by atoms with van der Waals surface area (Å²) in [6.45, 7) is 2.68. The van der Waals surface area contributed by atoms with Gasteiger partial charge in [-0.05, 0) is 55.4 Å². The van der Waals surface area contributed by atoms with Crippen LogP contribution in [0.5, 0.6) is 0 Å². The first-order valence-electron chi connectivity index (χ1n) is 9.37. The van der Waals surface area contributed by atoms with E-state index in [0.29, 0.717) is 19.4 Å². The zero-order valence-electron chi connectivity index (χ0n) is 15.3. The first-order chi connectivity index (χ1) is 12.6. The number of hydrogen-bond donors (Lipinski definition) is 2. The van der Waals surface area contributed by atoms with Crippen molar-refractivity contribution in [1.82, 2.24) is 5.32 Å². The Kier molecular flexibility index (Phi) is 5.71. The molecule has 4 nitrogen and oxygen atoms in total. The third-order valence-electron chi connectivity index (χ3n) is 5.01. The number of nitrogens with one attached hydrogen (secondary N) is 2. The normalized spacial score (nSPS) is 14.5. The molecular weight excluding hydrogens is 324 g/mol. The SMILES string of the molecule is CCc1ccc(NC(=O)C2(C(=O)NCCCc3ccccc3)CC2)cc1. The Bertz CT molecular complexity index is 749. The highest BCUT2D eigenvalue weighted by Crippen LogP contribution is 2.46. The molecule has 1 saturated carbocycles. The number of carbonyl (C=O) groups is 2. The summed E-state index contributed by atoms with van der Waals surface area (Å²) in [7, 11) is 0. The molecule has 0 aliphatic heterocycles. The molecule has 0 aromatic heterocycles. The number of carbonyl (C=O) groups excluding carboxylic acids is 2. The van der Waals surface area contributed by atoms with Gasteiger partial charge in [0.1, 0.15) is 5.41 Å². The Labute approximate surface area is 155 Å². The van der Waals surface area contributed by atoms with Crippen LogP contribution in [0.15, 0.2) is 54.6 Å². The lowest BCUT2D eigenvalue weighted by molar-refractivity contribution is -0.134. The van der Waals surface area contributed by atoms with Crippen molar-refractivity contribution in [2.75, 3.05) is 11.9 Å². The van der Waals surface area contributed by atoms with Crippen molar-refractivity contribution < 1.29 is 9.59 Å². The standard InChI is InChI=1S/C22H26N2O2/c1-2-17-10-12-19(13-11-17)24-21(26)22(14-15-22)20(25)23-16-6-9-18-7-4-3-5-8-18/h3-5,7-8,10-13H,2,6,9,14-16H2,1H3,(H,23,25)(H,24,26). The Morgan fingerprint density at radius 2 is 1.62 bits per heavy atom. The van der Waals surface area contributed by atoms with Gasteiger partial charge in [-0.1, -0.05) is 49.4 Å². The number of amides is 2. The summed E-state index contributed by atoms with van der Waals surface area (Å²) in [6, 6.07) is 18.0. The molecule has 26 heavy (non-hydrogen) atoms. The van der Waals surface area contributed by atoms with E-state index in [2.05, 4.69) is 29.7 Å². The second-order valence-corrected chi connectivity index (χ2v) is 6.93. The first-order valence-corrected chi connectivity index (χ1v) is 9.37. The molecule has 0 bridgehead atoms. The average Bonchev–Trinajstić information content (AvgIpc) is 3.49. The fraction of sp³-hybridized carbons (Fsp3) is 0.364. The van der Waals surface area contributed by atoms with E-state index in [1.807, 2.05) is 42.5 Å². The van der Waals surface area contributed by atoms with Crippen LogP contribution in [0.2, 0.25) is 0 Å². The highest BCUT2D eigenvalue weighted by Gasteiger charge is 2.56. The number of hydrogen-bond acceptors (Lipinski definition) is 2. The number of benzene rings is 2. The van der Waals surface area contributed by atoms with E-state index in [0.717, 1.165) is 24.9 Å². The average molecular weight is 350 g/mol. The summed E-state index contributed by atoms with van der Waals surface area (Å²) < 4.78 is 0. The van der Waals surface area contributed by atoms with Crippen molar-refractivity contribution in [3.63, 3.8) is 0 Å². The van der Waals surface area contributed by atoms with Crippen LogP contribution in [-0.4, -0.2) is 18.4 Å². The van der Waals surface area contributed by atoms with Gasteiger partial charge in [0.2, 0.25) is 11.8 Å². The molecule has 0 unspecified atom stereocenters. The summed E-state index contributed by atoms with van der Waals surface area (Å²) in [6.07, 6.45) is 3.99. The zero-order chi connectivity index (χ0) is 18.4. The van der Waals surface area contributed by atoms with Crippen molar-refractivity contribution in [3.05, 3.63) is 65.7 Å². The smallest absolute Gasteiger partial charge is 0.240 e. The van der Waals surface area contributed by atoms with Gasteiger partial charge >= 0.3 is 0 Å². The molecule has 0 heterocycles. The lowest BCUT2D eigenvalue weighted by atomic mass is 10.0. The van der Waals surface area contributed by atoms with E-state index >= 15 is 0 Å². The number of anilines is 1. The molecule has 2 amide bonds. The van der Waals surface area contributed by atoms with Crippen LogP contribution in [-0.2, 0) is 22.4 Å². The number of rotatable bonds is 8. The third kappa shape index (κ3) is 4.31. The molecule has 4 heteroatoms. The summed E-state index contributed by atoms with van der Waals surface area (Å²) in [5, 5.41) is 5.83. The van der Waals surface area contributed by atoms with Gasteiger partial charge in [-0.25, -0.2) is 0 Å². The van der Waals surface area contributed by atoms with Crippen LogP contribution in [0.25, 0.3) is 0 Å². The van der Waals surface area contributed by atoms with Crippen molar-refractivity contribution in [3.8, 4) is 0 Å². The van der Waals surface area contributed by atoms with E-state index < -0.39 is 5.41 Å². The predicted molar refractivity (Wildman–Crippen MR) is 104 cm³/mol. The Morgan fingerprint density at radius 3 is 2.23 bits per heavy atom. The minimum atomic E-state index is -0.879. The summed E-state index contributed by atoms with van der Waals surface area (Å²) >= 11 is 0. The van der Waals surface area contributed by atoms with Crippen molar-refractivity contribution >= 4 is 17.5 Å². The van der Waals surface area contributed by atoms with Crippen LogP contribution in [0.1, 0.15) is 37.3 Å². The molecule has 3 rings (SSSR count). The Hall–Kier alpha value is -2.62. The van der Waals surface area contributed by atoms with E-state index in [9.17, 15) is 9.59 Å². The van der Waals surface area contributed by atoms with Gasteiger partial charge in [-0.3, -0.25) is 9.59 Å². The topological polar surface area (TPSA) is 58.2 Å². The van der Waals surface area contributed by atoms with Gasteiger partial charge in [0, 0.05) is 12.2 Å². The maximum Gasteiger partial charge on any atom is 0.240 e. The zero-order valence-corrected chi connectivity index (χ0v) is 15.3. The van der Waals surface area contributed by atoms with Crippen molar-refractivity contribution in [2.45, 2.75) is 39.0 Å². The Balaban J connectivity index is 1.47. The fourth-order valence-electron chi connectivity index (χ4n) is 3.07. The molecule has 1 aliphatic rings. The third-order valence-corrected chi connectivity index (χ3v) is 5.01. The minimum Gasteiger partial charge on any atom is -0.355 e. The summed E-state index contributed by atoms with van der Waals surface area (Å²) in [5.74, 6) is -0.337. The molecule has 2 aromatic carbocycles. The molecule has 2 aromatic rings. The van der Waals surface area contributed by atoms with Gasteiger partial charge in [0.05, 0.1) is 0 Å². The van der Waals surface area contributed by atoms with Crippen molar-refractivity contribution in [2.24, 2.45) is 5.41 Å². The van der Waals surface area contributed by atoms with Gasteiger partial charge in [-0.15, -0.1) is 0 Å². The van der Waals surface area contributed by atoms with E-state index in [4.69, 9.17) is 0 Å². The van der Waals surface area contributed by atoms with Crippen LogP contribution < -0.4 is 10.6 Å². The first kappa shape index (κ1) is 18.2. The lowest BCUT2D eigenvalue weighted by Gasteiger charge is -2.15. The number of aryl methyl sites for hydroxylation is 2. The molecule has 0 atom stereocenters. The Morgan fingerprint density at radius 1 is 0.923 bits per heavy atom. The van der Waals surface area contributed by atoms with E-state index in [1.165, 1.54) is 11.1 Å². The minimum absolute atomic E-state index is 0.145. The molecule has 1 fully saturated rings. The molecule has 1 aliphatic carbocycles. The van der Waals surface area contributed by atoms with Gasteiger partial charge in [0.25, 0.3) is 0 Å². The molecule has 0 radical (unpaired) electrons. The van der Waals surface area contributed by atoms with Crippen LogP contribution in [0.3, 0.4) is 0 Å². The van der Waals surface area contributed by atoms with Gasteiger partial charge in [0.15, 0.2) is 0 Å². The molecular formula is C22H26N2O2. The van der Waals surface area contributed by atoms with Gasteiger partial charge in [-0.2, -0.15) is 0 Å². The van der Waals surface area contributed by atoms with E-state index in [-0.39, 0.29) is 11.8 Å². The van der Waals surface area contributed by atoms with Crippen LogP contribution in [0, 0.1) is 5.41 Å². The highest BCUT2D eigenvalue weighted by molar-refractivity contribution is 6.13. The quantitative estimate of drug-likeness (QED) is 0.563. The summed E-state index contributed by atoms with van der Waals surface area (Å²) in [5.41, 5.74) is 2.35. The summed E-state index contributed by atoms with van der Waals surface area (Å²) in [4.78, 5) is 25.1. The predicted octanol–water partition coefficient (Wildman–Crippen LogP) is 3.72. The molecule has 0 saturated heterocycles. The second kappa shape index (κ2) is 8.17. The molecule has 136 valence electrons. The highest BCUT2D eigenvalue weighted by atomic mass is 16.2. The maximum atomic E-state index is 12.6. The second-order valence-electron chi connectivity index (χ2n) is 6.93. The van der Waals surface area contributed by atoms with Crippen LogP contribution >= 0.6 is 0 Å². The van der Waals surface area contributed by atoms with Crippen molar-refractivity contribution in [1.29, 1.82) is 0 Å². The lowest BCUT2D eigenvalue weighted by Crippen LogP contribution is -2.40. The maximum absolute atomic E-state index is 12.6.